The van der Waals surface area contributed by atoms with Crippen LogP contribution in [0.15, 0.2) is 59.8 Å². The molecule has 1 heterocycles. The van der Waals surface area contributed by atoms with Gasteiger partial charge in [0.15, 0.2) is 5.82 Å². The summed E-state index contributed by atoms with van der Waals surface area (Å²) in [5.74, 6) is 5.34. The molecule has 0 aliphatic heterocycles. The second-order valence-electron chi connectivity index (χ2n) is 4.66. The van der Waals surface area contributed by atoms with Crippen molar-refractivity contribution < 1.29 is 4.79 Å². The number of fused-ring (bicyclic) bond motifs is 1. The van der Waals surface area contributed by atoms with Crippen LogP contribution in [-0.4, -0.2) is 22.3 Å². The van der Waals surface area contributed by atoms with Gasteiger partial charge in [-0.25, -0.2) is 0 Å². The Kier molecular flexibility index (Phi) is 3.74. The highest BCUT2D eigenvalue weighted by molar-refractivity contribution is 6.06. The normalized spacial score (nSPS) is 10.9. The van der Waals surface area contributed by atoms with Crippen LogP contribution in [0, 0.1) is 0 Å². The Labute approximate surface area is 126 Å². The Hall–Kier alpha value is -3.28. The third-order valence-electron chi connectivity index (χ3n) is 3.16. The lowest BCUT2D eigenvalue weighted by molar-refractivity contribution is 0.102. The minimum Gasteiger partial charge on any atom is -0.323 e. The average molecular weight is 291 g/mol. The van der Waals surface area contributed by atoms with E-state index in [2.05, 4.69) is 20.6 Å². The third kappa shape index (κ3) is 2.90. The molecule has 0 fully saturated rings. The molecule has 6 heteroatoms. The topological polar surface area (TPSA) is 93.3 Å². The lowest BCUT2D eigenvalue weighted by atomic mass is 10.0. The molecule has 1 amide bonds. The highest BCUT2D eigenvalue weighted by atomic mass is 16.1. The molecule has 0 aliphatic rings. The van der Waals surface area contributed by atoms with Crippen molar-refractivity contribution in [3.8, 4) is 0 Å². The molecule has 0 saturated carbocycles. The number of nitrogens with one attached hydrogen (secondary N) is 1. The second-order valence-corrected chi connectivity index (χ2v) is 4.66. The SMILES string of the molecule is NN=Cc1ccc2cc(C(=O)Nc3cccnn3)ccc2c1. The molecule has 0 unspecified atom stereocenters. The van der Waals surface area contributed by atoms with Gasteiger partial charge in [0.05, 0.1) is 6.21 Å². The predicted molar refractivity (Wildman–Crippen MR) is 85.7 cm³/mol. The summed E-state index contributed by atoms with van der Waals surface area (Å²) in [6.07, 6.45) is 3.13. The number of hydrazone groups is 1. The van der Waals surface area contributed by atoms with E-state index in [1.807, 2.05) is 30.3 Å². The van der Waals surface area contributed by atoms with E-state index in [1.54, 1.807) is 30.6 Å². The fourth-order valence-electron chi connectivity index (χ4n) is 2.13. The fourth-order valence-corrected chi connectivity index (χ4v) is 2.13. The van der Waals surface area contributed by atoms with Gasteiger partial charge in [0.2, 0.25) is 0 Å². The number of nitrogens with zero attached hydrogens (tertiary/aromatic N) is 3. The first kappa shape index (κ1) is 13.7. The van der Waals surface area contributed by atoms with Crippen molar-refractivity contribution in [2.24, 2.45) is 10.9 Å². The maximum atomic E-state index is 12.2. The quantitative estimate of drug-likeness (QED) is 0.439. The highest BCUT2D eigenvalue weighted by Gasteiger charge is 2.07. The summed E-state index contributed by atoms with van der Waals surface area (Å²) in [6.45, 7) is 0. The van der Waals surface area contributed by atoms with Crippen LogP contribution in [0.3, 0.4) is 0 Å². The van der Waals surface area contributed by atoms with Gasteiger partial charge in [0.1, 0.15) is 0 Å². The highest BCUT2D eigenvalue weighted by Crippen LogP contribution is 2.18. The van der Waals surface area contributed by atoms with Gasteiger partial charge in [0.25, 0.3) is 5.91 Å². The first-order chi connectivity index (χ1) is 10.8. The van der Waals surface area contributed by atoms with Crippen molar-refractivity contribution in [1.82, 2.24) is 10.2 Å². The van der Waals surface area contributed by atoms with Gasteiger partial charge in [-0.1, -0.05) is 18.2 Å². The number of carbonyl (C=O) groups excluding carboxylic acids is 1. The largest absolute Gasteiger partial charge is 0.323 e. The number of carbonyl (C=O) groups is 1. The van der Waals surface area contributed by atoms with E-state index < -0.39 is 0 Å². The first-order valence-electron chi connectivity index (χ1n) is 6.62. The molecule has 3 aromatic rings. The number of benzene rings is 2. The molecule has 3 N–H and O–H groups in total. The van der Waals surface area contributed by atoms with E-state index >= 15 is 0 Å². The maximum absolute atomic E-state index is 12.2. The van der Waals surface area contributed by atoms with Crippen LogP contribution in [0.1, 0.15) is 15.9 Å². The summed E-state index contributed by atoms with van der Waals surface area (Å²) in [6, 6.07) is 14.6. The van der Waals surface area contributed by atoms with Crippen molar-refractivity contribution in [2.45, 2.75) is 0 Å². The number of hydrogen-bond acceptors (Lipinski definition) is 5. The van der Waals surface area contributed by atoms with Crippen molar-refractivity contribution >= 4 is 28.7 Å². The molecule has 0 spiro atoms. The lowest BCUT2D eigenvalue weighted by Gasteiger charge is -2.05. The molecule has 108 valence electrons. The van der Waals surface area contributed by atoms with Crippen LogP contribution in [0.4, 0.5) is 5.82 Å². The average Bonchev–Trinajstić information content (AvgIpc) is 2.55. The molecule has 0 bridgehead atoms. The Bertz CT molecular complexity index is 846. The van der Waals surface area contributed by atoms with Crippen LogP contribution in [0.25, 0.3) is 10.8 Å². The summed E-state index contributed by atoms with van der Waals surface area (Å²) in [4.78, 5) is 12.2. The minimum atomic E-state index is -0.227. The molecular formula is C16H13N5O. The molecule has 2 aromatic carbocycles. The van der Waals surface area contributed by atoms with Crippen LogP contribution in [0.2, 0.25) is 0 Å². The molecule has 22 heavy (non-hydrogen) atoms. The zero-order valence-electron chi connectivity index (χ0n) is 11.6. The number of aromatic nitrogens is 2. The number of amides is 1. The first-order valence-corrected chi connectivity index (χ1v) is 6.62. The monoisotopic (exact) mass is 291 g/mol. The van der Waals surface area contributed by atoms with E-state index in [4.69, 9.17) is 5.84 Å². The van der Waals surface area contributed by atoms with Crippen molar-refractivity contribution in [1.29, 1.82) is 0 Å². The van der Waals surface area contributed by atoms with Gasteiger partial charge < -0.3 is 11.2 Å². The summed E-state index contributed by atoms with van der Waals surface area (Å²) in [5.41, 5.74) is 1.46. The third-order valence-corrected chi connectivity index (χ3v) is 3.16. The zero-order chi connectivity index (χ0) is 15.4. The van der Waals surface area contributed by atoms with E-state index in [0.29, 0.717) is 11.4 Å². The second kappa shape index (κ2) is 6.01. The molecule has 0 atom stereocenters. The van der Waals surface area contributed by atoms with Gasteiger partial charge in [-0.3, -0.25) is 4.79 Å². The number of anilines is 1. The van der Waals surface area contributed by atoms with E-state index in [0.717, 1.165) is 16.3 Å². The summed E-state index contributed by atoms with van der Waals surface area (Å²) < 4.78 is 0. The van der Waals surface area contributed by atoms with Gasteiger partial charge in [-0.2, -0.15) is 10.2 Å². The van der Waals surface area contributed by atoms with Gasteiger partial charge in [-0.15, -0.1) is 5.10 Å². The standard InChI is InChI=1S/C16H13N5O/c17-18-10-11-3-4-13-9-14(6-5-12(13)8-11)16(22)20-15-2-1-7-19-21-15/h1-10H,17H2,(H,20,21,22). The smallest absolute Gasteiger partial charge is 0.256 e. The fraction of sp³-hybridized carbons (Fsp3) is 0. The number of hydrogen-bond donors (Lipinski definition) is 2. The molecule has 0 saturated heterocycles. The van der Waals surface area contributed by atoms with Crippen LogP contribution >= 0.6 is 0 Å². The van der Waals surface area contributed by atoms with Gasteiger partial charge >= 0.3 is 0 Å². The van der Waals surface area contributed by atoms with Crippen LogP contribution in [-0.2, 0) is 0 Å². The van der Waals surface area contributed by atoms with Crippen molar-refractivity contribution in [2.75, 3.05) is 5.32 Å². The molecule has 0 aliphatic carbocycles. The minimum absolute atomic E-state index is 0.227. The molecular weight excluding hydrogens is 278 g/mol. The molecule has 1 aromatic heterocycles. The Morgan fingerprint density at radius 2 is 1.95 bits per heavy atom. The Balaban J connectivity index is 1.88. The molecule has 3 rings (SSSR count). The number of nitrogens with two attached hydrogens (primary N) is 1. The number of rotatable bonds is 3. The lowest BCUT2D eigenvalue weighted by Crippen LogP contribution is -2.13. The molecule has 6 nitrogen and oxygen atoms in total. The maximum Gasteiger partial charge on any atom is 0.256 e. The van der Waals surface area contributed by atoms with Crippen molar-refractivity contribution in [3.05, 3.63) is 65.9 Å². The summed E-state index contributed by atoms with van der Waals surface area (Å²) >= 11 is 0. The van der Waals surface area contributed by atoms with Crippen LogP contribution < -0.4 is 11.2 Å². The predicted octanol–water partition coefficient (Wildman–Crippen LogP) is 2.17. The zero-order valence-corrected chi connectivity index (χ0v) is 11.6. The van der Waals surface area contributed by atoms with E-state index in [1.165, 1.54) is 0 Å². The Morgan fingerprint density at radius 1 is 1.14 bits per heavy atom. The van der Waals surface area contributed by atoms with Gasteiger partial charge in [-0.05, 0) is 46.7 Å². The van der Waals surface area contributed by atoms with Crippen molar-refractivity contribution in [3.63, 3.8) is 0 Å². The molecule has 0 radical (unpaired) electrons. The summed E-state index contributed by atoms with van der Waals surface area (Å²) in [7, 11) is 0. The summed E-state index contributed by atoms with van der Waals surface area (Å²) in [5, 5.41) is 15.7. The van der Waals surface area contributed by atoms with Crippen LogP contribution in [0.5, 0.6) is 0 Å². The Morgan fingerprint density at radius 3 is 2.73 bits per heavy atom. The van der Waals surface area contributed by atoms with E-state index in [-0.39, 0.29) is 5.91 Å². The van der Waals surface area contributed by atoms with Gasteiger partial charge in [0, 0.05) is 11.8 Å². The van der Waals surface area contributed by atoms with E-state index in [9.17, 15) is 4.79 Å².